The third-order valence-electron chi connectivity index (χ3n) is 0. The van der Waals surface area contributed by atoms with Crippen molar-refractivity contribution in [2.24, 2.45) is 0 Å². The quantitative estimate of drug-likeness (QED) is 0.243. The first-order valence-electron chi connectivity index (χ1n) is 0. The maximum atomic E-state index is 0. The first-order chi connectivity index (χ1) is 0. The molecule has 0 atom stereocenters. The van der Waals surface area contributed by atoms with Gasteiger partial charge in [0, 0.05) is 49.5 Å². The summed E-state index contributed by atoms with van der Waals surface area (Å²) in [6, 6.07) is 0. The van der Waals surface area contributed by atoms with Gasteiger partial charge in [0.05, 0.1) is 0 Å². The smallest absolute Gasteiger partial charge is 3.00 e. The molecule has 0 heterocycles. The van der Waals surface area contributed by atoms with Gasteiger partial charge < -0.3 is 71.8 Å². The average molecular weight is 694 g/mol. The Hall–Kier alpha value is 5.34. The van der Waals surface area contributed by atoms with Gasteiger partial charge in [0.15, 0.2) is 0 Å². The van der Waals surface area contributed by atoms with Gasteiger partial charge in [-0.1, -0.05) is 0 Å². The van der Waals surface area contributed by atoms with Gasteiger partial charge in [-0.05, 0) is 0 Å². The summed E-state index contributed by atoms with van der Waals surface area (Å²) in [5.74, 6) is 0. The van der Waals surface area contributed by atoms with Crippen LogP contribution in [0.4, 0.5) is 0 Å². The Labute approximate surface area is 171 Å². The molecule has 10 heteroatoms. The summed E-state index contributed by atoms with van der Waals surface area (Å²) in [5, 5.41) is 0. The molecule has 0 aromatic carbocycles. The Morgan fingerprint density at radius 3 is 0.300 bits per heavy atom. The summed E-state index contributed by atoms with van der Waals surface area (Å²) in [4.78, 5) is 0. The molecule has 0 fully saturated rings. The first kappa shape index (κ1) is 111. The fourth-order valence-electron chi connectivity index (χ4n) is 0. The van der Waals surface area contributed by atoms with E-state index >= 15 is 0 Å². The topological polar surface area (TPSA) is 0 Å². The maximum absolute atomic E-state index is 0. The molecule has 0 aliphatic rings. The molecule has 0 saturated heterocycles. The first-order valence-corrected chi connectivity index (χ1v) is 0. The van der Waals surface area contributed by atoms with E-state index in [-0.39, 0.29) is 174 Å². The molecule has 0 bridgehead atoms. The van der Waals surface area contributed by atoms with Crippen molar-refractivity contribution < 1.29 is 49.5 Å². The SMILES string of the molecule is [As-3].[As-3].[As-3].[As-3].[Ge+4].[Ge+4].[Ge+4].[Ni].[Ni].[Ni]. The van der Waals surface area contributed by atoms with Gasteiger partial charge in [-0.3, -0.25) is 0 Å². The van der Waals surface area contributed by atoms with Crippen molar-refractivity contribution in [2.75, 3.05) is 0 Å². The molecule has 0 radical (unpaired) electrons. The van der Waals surface area contributed by atoms with E-state index in [0.29, 0.717) is 0 Å². The van der Waals surface area contributed by atoms with Gasteiger partial charge in [-0.2, -0.15) is 0 Å². The second-order valence-corrected chi connectivity index (χ2v) is 0. The van der Waals surface area contributed by atoms with Crippen LogP contribution in [0.2, 0.25) is 0 Å². The molecule has 0 aromatic rings. The van der Waals surface area contributed by atoms with E-state index in [0.717, 1.165) is 0 Å². The minimum Gasteiger partial charge on any atom is -3.00 e. The van der Waals surface area contributed by atoms with Gasteiger partial charge in [-0.15, -0.1) is 0 Å². The Balaban J connectivity index is 0. The van der Waals surface area contributed by atoms with Crippen LogP contribution in [0.15, 0.2) is 0 Å². The molecule has 0 amide bonds. The molecular weight excluding hydrogens is 694 g/mol. The average Bonchev–Trinajstić information content (AvgIpc) is 0. The normalized spacial score (nSPS) is 0. The van der Waals surface area contributed by atoms with Gasteiger partial charge in [0.1, 0.15) is 0 Å². The van der Waals surface area contributed by atoms with Gasteiger partial charge in [0.25, 0.3) is 0 Å². The Morgan fingerprint density at radius 1 is 0.300 bits per heavy atom. The van der Waals surface area contributed by atoms with E-state index in [1.54, 1.807) is 0 Å². The molecule has 0 nitrogen and oxygen atoms in total. The van der Waals surface area contributed by atoms with Crippen LogP contribution in [0, 0.1) is 0 Å². The zero-order chi connectivity index (χ0) is 0. The summed E-state index contributed by atoms with van der Waals surface area (Å²) in [6.07, 6.45) is 0. The zero-order valence-corrected chi connectivity index (χ0v) is 21.0. The van der Waals surface area contributed by atoms with Crippen LogP contribution in [-0.2, 0) is 49.5 Å². The molecule has 0 aliphatic heterocycles. The van der Waals surface area contributed by atoms with Crippen LogP contribution in [0.5, 0.6) is 0 Å². The van der Waals surface area contributed by atoms with Crippen LogP contribution in [0.3, 0.4) is 0 Å². The largest absolute Gasteiger partial charge is 4.00 e. The molecule has 0 unspecified atom stereocenters. The summed E-state index contributed by atoms with van der Waals surface area (Å²) in [5.41, 5.74) is 0. The molecule has 0 aliphatic carbocycles. The second kappa shape index (κ2) is 89.5. The molecule has 0 spiro atoms. The fourth-order valence-corrected chi connectivity index (χ4v) is 0. The summed E-state index contributed by atoms with van der Waals surface area (Å²) in [6.45, 7) is 0. The van der Waals surface area contributed by atoms with Crippen LogP contribution in [0.25, 0.3) is 0 Å². The van der Waals surface area contributed by atoms with Crippen molar-refractivity contribution in [3.63, 3.8) is 0 Å². The molecule has 10 heavy (non-hydrogen) atoms. The minimum atomic E-state index is 0. The molecule has 62 valence electrons. The van der Waals surface area contributed by atoms with E-state index in [2.05, 4.69) is 0 Å². The van der Waals surface area contributed by atoms with Crippen molar-refractivity contribution >= 4 is 125 Å². The molecular formula is As4Ge3Ni3. The van der Waals surface area contributed by atoms with E-state index in [1.807, 2.05) is 0 Å². The predicted molar refractivity (Wildman–Crippen MR) is 40.3 cm³/mol. The Kier molecular flexibility index (Phi) is 989. The van der Waals surface area contributed by atoms with E-state index in [9.17, 15) is 0 Å². The van der Waals surface area contributed by atoms with Crippen LogP contribution in [-0.4, -0.2) is 125 Å². The van der Waals surface area contributed by atoms with Crippen LogP contribution < -0.4 is 0 Å². The monoisotopic (exact) mass is 695 g/mol. The fraction of sp³-hybridized carbons (Fsp3) is 0. The third-order valence-corrected chi connectivity index (χ3v) is 0. The van der Waals surface area contributed by atoms with E-state index in [4.69, 9.17) is 0 Å². The van der Waals surface area contributed by atoms with Crippen molar-refractivity contribution in [1.82, 2.24) is 0 Å². The number of hydrogen-bond acceptors (Lipinski definition) is 0. The van der Waals surface area contributed by atoms with Gasteiger partial charge in [-0.25, -0.2) is 0 Å². The minimum absolute atomic E-state index is 0. The Bertz CT molecular complexity index is 15.7. The van der Waals surface area contributed by atoms with Gasteiger partial charge in [0.2, 0.25) is 0 Å². The summed E-state index contributed by atoms with van der Waals surface area (Å²) in [7, 11) is 0. The van der Waals surface area contributed by atoms with E-state index < -0.39 is 0 Å². The van der Waals surface area contributed by atoms with Crippen molar-refractivity contribution in [2.45, 2.75) is 0 Å². The van der Waals surface area contributed by atoms with Crippen LogP contribution in [0.1, 0.15) is 0 Å². The second-order valence-electron chi connectivity index (χ2n) is 0. The summed E-state index contributed by atoms with van der Waals surface area (Å²) >= 11 is 0. The van der Waals surface area contributed by atoms with Crippen LogP contribution >= 0.6 is 0 Å². The van der Waals surface area contributed by atoms with Crippen molar-refractivity contribution in [1.29, 1.82) is 0 Å². The number of hydrogen-bond donors (Lipinski definition) is 0. The molecule has 0 aromatic heterocycles. The Morgan fingerprint density at radius 2 is 0.300 bits per heavy atom. The summed E-state index contributed by atoms with van der Waals surface area (Å²) < 4.78 is 0. The standard InChI is InChI=1S/4As.3Ge.3Ni/q4*-3;3*+4;;;. The predicted octanol–water partition coefficient (Wildman–Crippen LogP) is -2.67. The maximum Gasteiger partial charge on any atom is 4.00 e. The van der Waals surface area contributed by atoms with Crippen molar-refractivity contribution in [3.8, 4) is 0 Å². The third kappa shape index (κ3) is 71.2. The zero-order valence-electron chi connectivity index (χ0n) is 4.24. The van der Waals surface area contributed by atoms with Gasteiger partial charge >= 0.3 is 52.8 Å². The van der Waals surface area contributed by atoms with E-state index in [1.165, 1.54) is 0 Å². The van der Waals surface area contributed by atoms with Crippen molar-refractivity contribution in [3.05, 3.63) is 0 Å². The number of rotatable bonds is 0. The molecule has 0 saturated carbocycles. The molecule has 0 rings (SSSR count). The molecule has 0 N–H and O–H groups in total.